The van der Waals surface area contributed by atoms with Crippen molar-refractivity contribution >= 4 is 41.0 Å². The monoisotopic (exact) mass is 509 g/mol. The Morgan fingerprint density at radius 2 is 1.85 bits per heavy atom. The second kappa shape index (κ2) is 13.5. The summed E-state index contributed by atoms with van der Waals surface area (Å²) in [5.74, 6) is 2.19. The summed E-state index contributed by atoms with van der Waals surface area (Å²) in [5, 5.41) is 0.896. The lowest BCUT2D eigenvalue weighted by Crippen LogP contribution is -2.54. The van der Waals surface area contributed by atoms with Crippen molar-refractivity contribution in [3.8, 4) is 0 Å². The SMILES string of the molecule is CCCN(CCC)C(=O)CSc1nc(Cl)cc(N2CCN(C(=O)CCC3CCCC3)C(C)C2)n1. The summed E-state index contributed by atoms with van der Waals surface area (Å²) < 4.78 is 0. The van der Waals surface area contributed by atoms with Gasteiger partial charge in [-0.05, 0) is 32.1 Å². The number of hydrogen-bond acceptors (Lipinski definition) is 6. The van der Waals surface area contributed by atoms with Crippen molar-refractivity contribution in [3.05, 3.63) is 11.2 Å². The number of thioether (sulfide) groups is 1. The predicted octanol–water partition coefficient (Wildman–Crippen LogP) is 4.88. The van der Waals surface area contributed by atoms with Crippen LogP contribution in [-0.4, -0.2) is 76.1 Å². The molecule has 3 rings (SSSR count). The Hall–Kier alpha value is -1.54. The van der Waals surface area contributed by atoms with Gasteiger partial charge in [0.2, 0.25) is 11.8 Å². The lowest BCUT2D eigenvalue weighted by Gasteiger charge is -2.40. The highest BCUT2D eigenvalue weighted by atomic mass is 35.5. The van der Waals surface area contributed by atoms with E-state index >= 15 is 0 Å². The van der Waals surface area contributed by atoms with Crippen LogP contribution in [0.15, 0.2) is 11.2 Å². The van der Waals surface area contributed by atoms with Gasteiger partial charge in [-0.1, -0.05) is 62.9 Å². The van der Waals surface area contributed by atoms with Gasteiger partial charge in [-0.2, -0.15) is 0 Å². The molecule has 190 valence electrons. The van der Waals surface area contributed by atoms with E-state index in [-0.39, 0.29) is 17.9 Å². The van der Waals surface area contributed by atoms with Gasteiger partial charge >= 0.3 is 0 Å². The third kappa shape index (κ3) is 7.74. The molecule has 1 unspecified atom stereocenters. The number of amides is 2. The molecular weight excluding hydrogens is 470 g/mol. The summed E-state index contributed by atoms with van der Waals surface area (Å²) in [6.07, 6.45) is 8.79. The Bertz CT molecular complexity index is 814. The smallest absolute Gasteiger partial charge is 0.233 e. The fourth-order valence-electron chi connectivity index (χ4n) is 5.04. The molecule has 2 aliphatic rings. The maximum atomic E-state index is 12.8. The van der Waals surface area contributed by atoms with E-state index in [2.05, 4.69) is 30.7 Å². The van der Waals surface area contributed by atoms with Crippen LogP contribution in [0, 0.1) is 5.92 Å². The first-order valence-electron chi connectivity index (χ1n) is 12.9. The molecule has 2 heterocycles. The van der Waals surface area contributed by atoms with Crippen molar-refractivity contribution in [1.82, 2.24) is 19.8 Å². The summed E-state index contributed by atoms with van der Waals surface area (Å²) in [4.78, 5) is 40.6. The van der Waals surface area contributed by atoms with Gasteiger partial charge in [0.25, 0.3) is 0 Å². The molecule has 9 heteroatoms. The number of nitrogens with zero attached hydrogens (tertiary/aromatic N) is 5. The molecule has 1 saturated carbocycles. The molecule has 1 aromatic heterocycles. The minimum atomic E-state index is 0.108. The molecule has 1 aliphatic heterocycles. The molecule has 34 heavy (non-hydrogen) atoms. The average Bonchev–Trinajstić information content (AvgIpc) is 3.34. The van der Waals surface area contributed by atoms with Crippen LogP contribution in [0.4, 0.5) is 5.82 Å². The molecule has 0 N–H and O–H groups in total. The molecule has 0 radical (unpaired) electrons. The quantitative estimate of drug-likeness (QED) is 0.240. The van der Waals surface area contributed by atoms with Gasteiger partial charge in [-0.15, -0.1) is 0 Å². The van der Waals surface area contributed by atoms with Gasteiger partial charge in [0.1, 0.15) is 11.0 Å². The second-order valence-electron chi connectivity index (χ2n) is 9.57. The topological polar surface area (TPSA) is 69.6 Å². The van der Waals surface area contributed by atoms with E-state index in [0.717, 1.165) is 50.6 Å². The Labute approximate surface area is 214 Å². The Morgan fingerprint density at radius 1 is 1.15 bits per heavy atom. The number of piperazine rings is 1. The van der Waals surface area contributed by atoms with Crippen LogP contribution in [0.3, 0.4) is 0 Å². The van der Waals surface area contributed by atoms with Crippen LogP contribution in [-0.2, 0) is 9.59 Å². The average molecular weight is 510 g/mol. The van der Waals surface area contributed by atoms with Crippen molar-refractivity contribution in [3.63, 3.8) is 0 Å². The van der Waals surface area contributed by atoms with Gasteiger partial charge in [0.15, 0.2) is 5.16 Å². The fourth-order valence-corrected chi connectivity index (χ4v) is 6.02. The second-order valence-corrected chi connectivity index (χ2v) is 10.9. The third-order valence-electron chi connectivity index (χ3n) is 6.84. The van der Waals surface area contributed by atoms with Crippen LogP contribution in [0.5, 0.6) is 0 Å². The first-order valence-corrected chi connectivity index (χ1v) is 14.3. The molecule has 0 bridgehead atoms. The van der Waals surface area contributed by atoms with Crippen LogP contribution < -0.4 is 4.90 Å². The predicted molar refractivity (Wildman–Crippen MR) is 140 cm³/mol. The highest BCUT2D eigenvalue weighted by Crippen LogP contribution is 2.29. The van der Waals surface area contributed by atoms with Crippen LogP contribution in [0.1, 0.15) is 72.1 Å². The van der Waals surface area contributed by atoms with Gasteiger partial charge in [0.05, 0.1) is 5.75 Å². The van der Waals surface area contributed by atoms with Crippen LogP contribution >= 0.6 is 23.4 Å². The van der Waals surface area contributed by atoms with E-state index < -0.39 is 0 Å². The molecule has 1 saturated heterocycles. The zero-order valence-electron chi connectivity index (χ0n) is 21.0. The molecule has 2 amide bonds. The van der Waals surface area contributed by atoms with E-state index in [1.165, 1.54) is 37.4 Å². The fraction of sp³-hybridized carbons (Fsp3) is 0.760. The van der Waals surface area contributed by atoms with Gasteiger partial charge in [-0.3, -0.25) is 9.59 Å². The van der Waals surface area contributed by atoms with Crippen molar-refractivity contribution in [2.24, 2.45) is 5.92 Å². The van der Waals surface area contributed by atoms with E-state index in [0.29, 0.717) is 35.6 Å². The van der Waals surface area contributed by atoms with E-state index in [1.54, 1.807) is 6.07 Å². The number of carbonyl (C=O) groups is 2. The summed E-state index contributed by atoms with van der Waals surface area (Å²) in [6, 6.07) is 1.89. The lowest BCUT2D eigenvalue weighted by atomic mass is 10.0. The molecule has 1 aliphatic carbocycles. The molecule has 7 nitrogen and oxygen atoms in total. The molecular formula is C25H40ClN5O2S. The summed E-state index contributed by atoms with van der Waals surface area (Å²) in [5.41, 5.74) is 0. The number of aromatic nitrogens is 2. The molecule has 1 atom stereocenters. The minimum absolute atomic E-state index is 0.108. The van der Waals surface area contributed by atoms with E-state index in [1.807, 2.05) is 9.80 Å². The number of rotatable bonds is 11. The molecule has 0 aromatic carbocycles. The molecule has 1 aromatic rings. The van der Waals surface area contributed by atoms with Crippen molar-refractivity contribution in [2.75, 3.05) is 43.4 Å². The van der Waals surface area contributed by atoms with Crippen molar-refractivity contribution in [1.29, 1.82) is 0 Å². The maximum absolute atomic E-state index is 12.8. The Balaban J connectivity index is 1.55. The highest BCUT2D eigenvalue weighted by Gasteiger charge is 2.29. The Morgan fingerprint density at radius 3 is 2.50 bits per heavy atom. The van der Waals surface area contributed by atoms with Gasteiger partial charge < -0.3 is 14.7 Å². The summed E-state index contributed by atoms with van der Waals surface area (Å²) in [6.45, 7) is 9.94. The zero-order chi connectivity index (χ0) is 24.5. The minimum Gasteiger partial charge on any atom is -0.353 e. The van der Waals surface area contributed by atoms with Crippen LogP contribution in [0.25, 0.3) is 0 Å². The number of anilines is 1. The summed E-state index contributed by atoms with van der Waals surface area (Å²) in [7, 11) is 0. The first-order chi connectivity index (χ1) is 16.4. The number of carbonyl (C=O) groups excluding carboxylic acids is 2. The van der Waals surface area contributed by atoms with Crippen molar-refractivity contribution in [2.45, 2.75) is 83.3 Å². The third-order valence-corrected chi connectivity index (χ3v) is 7.86. The normalized spacial score (nSPS) is 19.0. The zero-order valence-corrected chi connectivity index (χ0v) is 22.5. The standard InChI is InChI=1S/C25H40ClN5O2S/c1-4-12-29(13-5-2)24(33)18-34-25-27-21(26)16-22(28-25)30-14-15-31(19(3)17-30)23(32)11-10-20-8-6-7-9-20/h16,19-20H,4-15,17-18H2,1-3H3. The maximum Gasteiger partial charge on any atom is 0.233 e. The lowest BCUT2D eigenvalue weighted by molar-refractivity contribution is -0.134. The van der Waals surface area contributed by atoms with Gasteiger partial charge in [0, 0.05) is 51.3 Å². The molecule has 2 fully saturated rings. The van der Waals surface area contributed by atoms with E-state index in [4.69, 9.17) is 16.6 Å². The summed E-state index contributed by atoms with van der Waals surface area (Å²) >= 11 is 7.65. The van der Waals surface area contributed by atoms with Gasteiger partial charge in [-0.25, -0.2) is 9.97 Å². The first kappa shape index (κ1) is 27.1. The van der Waals surface area contributed by atoms with E-state index in [9.17, 15) is 9.59 Å². The largest absolute Gasteiger partial charge is 0.353 e. The molecule has 0 spiro atoms. The highest BCUT2D eigenvalue weighted by molar-refractivity contribution is 7.99. The number of hydrogen-bond donors (Lipinski definition) is 0. The van der Waals surface area contributed by atoms with Crippen LogP contribution in [0.2, 0.25) is 5.15 Å². The number of halogens is 1. The van der Waals surface area contributed by atoms with Crippen molar-refractivity contribution < 1.29 is 9.59 Å². The Kier molecular flexibility index (Phi) is 10.8.